The zero-order valence-corrected chi connectivity index (χ0v) is 13.5. The van der Waals surface area contributed by atoms with E-state index in [4.69, 9.17) is 0 Å². The Balaban J connectivity index is 1.70. The number of alkyl halides is 4. The van der Waals surface area contributed by atoms with Gasteiger partial charge < -0.3 is 9.29 Å². The van der Waals surface area contributed by atoms with Crippen LogP contribution in [0.1, 0.15) is 38.5 Å². The Labute approximate surface area is 136 Å². The second-order valence-corrected chi connectivity index (χ2v) is 8.96. The second-order valence-electron chi connectivity index (χ2n) is 7.54. The molecule has 0 heterocycles. The van der Waals surface area contributed by atoms with Crippen molar-refractivity contribution in [2.24, 2.45) is 23.2 Å². The molecular formula is C14H17F4O5S-. The van der Waals surface area contributed by atoms with Crippen molar-refractivity contribution in [3.63, 3.8) is 0 Å². The molecule has 0 N–H and O–H groups in total. The quantitative estimate of drug-likeness (QED) is 0.420. The van der Waals surface area contributed by atoms with Gasteiger partial charge in [-0.1, -0.05) is 0 Å². The summed E-state index contributed by atoms with van der Waals surface area (Å²) in [6, 6.07) is 0. The van der Waals surface area contributed by atoms with Gasteiger partial charge in [0, 0.05) is 5.41 Å². The van der Waals surface area contributed by atoms with Crippen molar-refractivity contribution in [2.75, 3.05) is 6.61 Å². The molecule has 0 unspecified atom stereocenters. The average Bonchev–Trinajstić information content (AvgIpc) is 2.41. The lowest BCUT2D eigenvalue weighted by atomic mass is 9.50. The molecule has 4 rings (SSSR count). The van der Waals surface area contributed by atoms with Crippen LogP contribution in [-0.2, 0) is 19.6 Å². The molecule has 0 atom stereocenters. The average molecular weight is 373 g/mol. The normalized spacial score (nSPS) is 36.0. The van der Waals surface area contributed by atoms with Gasteiger partial charge in [0.2, 0.25) is 0 Å². The van der Waals surface area contributed by atoms with Crippen LogP contribution >= 0.6 is 0 Å². The summed E-state index contributed by atoms with van der Waals surface area (Å²) < 4.78 is 88.5. The highest BCUT2D eigenvalue weighted by atomic mass is 32.2. The minimum atomic E-state index is -6.70. The van der Waals surface area contributed by atoms with Crippen LogP contribution in [0.5, 0.6) is 0 Å². The summed E-state index contributed by atoms with van der Waals surface area (Å²) >= 11 is 0. The molecule has 4 bridgehead atoms. The van der Waals surface area contributed by atoms with E-state index in [1.165, 1.54) is 0 Å². The van der Waals surface area contributed by atoms with Crippen LogP contribution in [0.25, 0.3) is 0 Å². The number of ether oxygens (including phenoxy) is 1. The number of rotatable bonds is 5. The van der Waals surface area contributed by atoms with Crippen LogP contribution in [0.3, 0.4) is 0 Å². The van der Waals surface area contributed by atoms with E-state index < -0.39 is 39.3 Å². The number of hydrogen-bond donors (Lipinski definition) is 0. The van der Waals surface area contributed by atoms with Gasteiger partial charge >= 0.3 is 17.1 Å². The summed E-state index contributed by atoms with van der Waals surface area (Å²) in [4.78, 5) is 11.4. The Hall–Kier alpha value is -0.900. The first-order valence-electron chi connectivity index (χ1n) is 7.75. The van der Waals surface area contributed by atoms with Gasteiger partial charge in [0.1, 0.15) is 0 Å². The molecule has 4 aliphatic carbocycles. The molecule has 4 saturated carbocycles. The summed E-state index contributed by atoms with van der Waals surface area (Å²) in [7, 11) is -6.70. The highest BCUT2D eigenvalue weighted by Crippen LogP contribution is 2.60. The molecule has 0 amide bonds. The van der Waals surface area contributed by atoms with Crippen LogP contribution in [0.15, 0.2) is 0 Å². The fourth-order valence-electron chi connectivity index (χ4n) is 5.05. The van der Waals surface area contributed by atoms with E-state index in [0.29, 0.717) is 37.0 Å². The van der Waals surface area contributed by atoms with Crippen molar-refractivity contribution >= 4 is 16.1 Å². The fourth-order valence-corrected chi connectivity index (χ4v) is 5.45. The van der Waals surface area contributed by atoms with Crippen molar-refractivity contribution in [2.45, 2.75) is 49.7 Å². The maximum atomic E-state index is 13.4. The second kappa shape index (κ2) is 5.30. The first-order chi connectivity index (χ1) is 10.9. The Bertz CT molecular complexity index is 610. The van der Waals surface area contributed by atoms with Crippen molar-refractivity contribution in [1.82, 2.24) is 0 Å². The van der Waals surface area contributed by atoms with Gasteiger partial charge in [-0.3, -0.25) is 0 Å². The largest absolute Gasteiger partial charge is 0.743 e. The lowest BCUT2D eigenvalue weighted by molar-refractivity contribution is -0.211. The van der Waals surface area contributed by atoms with Crippen LogP contribution in [-0.4, -0.2) is 36.7 Å². The molecule has 24 heavy (non-hydrogen) atoms. The van der Waals surface area contributed by atoms with Gasteiger partial charge in [0.05, 0.1) is 6.61 Å². The maximum absolute atomic E-state index is 13.4. The number of carbonyl (C=O) groups excluding carboxylic acids is 1. The highest BCUT2D eigenvalue weighted by molar-refractivity contribution is 7.86. The Kier molecular flexibility index (Phi) is 3.95. The zero-order valence-electron chi connectivity index (χ0n) is 12.6. The summed E-state index contributed by atoms with van der Waals surface area (Å²) in [6.07, 6.45) is 5.22. The van der Waals surface area contributed by atoms with Gasteiger partial charge in [-0.05, 0) is 56.3 Å². The van der Waals surface area contributed by atoms with Crippen LogP contribution in [0, 0.1) is 23.2 Å². The molecule has 4 fully saturated rings. The smallest absolute Gasteiger partial charge is 0.418 e. The minimum Gasteiger partial charge on any atom is -0.743 e. The summed E-state index contributed by atoms with van der Waals surface area (Å²) in [5, 5.41) is -6.04. The molecule has 0 saturated heterocycles. The first kappa shape index (κ1) is 17.9. The Morgan fingerprint density at radius 1 is 1.04 bits per heavy atom. The number of carbonyl (C=O) groups is 1. The van der Waals surface area contributed by atoms with Gasteiger partial charge in [-0.15, -0.1) is 0 Å². The molecule has 10 heteroatoms. The van der Waals surface area contributed by atoms with E-state index in [9.17, 15) is 35.3 Å². The number of halogens is 4. The first-order valence-corrected chi connectivity index (χ1v) is 9.15. The Morgan fingerprint density at radius 3 is 1.83 bits per heavy atom. The van der Waals surface area contributed by atoms with E-state index in [2.05, 4.69) is 4.74 Å². The summed E-state index contributed by atoms with van der Waals surface area (Å²) in [6.45, 7) is -0.445. The van der Waals surface area contributed by atoms with Crippen LogP contribution in [0.4, 0.5) is 17.6 Å². The van der Waals surface area contributed by atoms with E-state index in [1.54, 1.807) is 0 Å². The summed E-state index contributed by atoms with van der Waals surface area (Å²) in [5.74, 6) is -7.09. The van der Waals surface area contributed by atoms with Gasteiger partial charge in [-0.25, -0.2) is 13.2 Å². The maximum Gasteiger partial charge on any atom is 0.418 e. The van der Waals surface area contributed by atoms with E-state index in [0.717, 1.165) is 19.3 Å². The molecule has 0 aliphatic heterocycles. The van der Waals surface area contributed by atoms with Gasteiger partial charge in [0.25, 0.3) is 0 Å². The third-order valence-corrected chi connectivity index (χ3v) is 6.49. The van der Waals surface area contributed by atoms with E-state index in [-0.39, 0.29) is 0 Å². The minimum absolute atomic E-state index is 0.430. The third-order valence-electron chi connectivity index (χ3n) is 5.61. The monoisotopic (exact) mass is 373 g/mol. The molecule has 0 spiro atoms. The van der Waals surface area contributed by atoms with Crippen molar-refractivity contribution < 1.29 is 40.1 Å². The van der Waals surface area contributed by atoms with Crippen LogP contribution < -0.4 is 0 Å². The fraction of sp³-hybridized carbons (Fsp3) is 0.929. The number of esters is 1. The van der Waals surface area contributed by atoms with Crippen molar-refractivity contribution in [3.05, 3.63) is 0 Å². The van der Waals surface area contributed by atoms with E-state index in [1.807, 2.05) is 0 Å². The molecule has 4 aliphatic rings. The molecule has 0 aromatic rings. The lowest BCUT2D eigenvalue weighted by Crippen LogP contribution is -2.54. The summed E-state index contributed by atoms with van der Waals surface area (Å²) in [5.41, 5.74) is -0.494. The van der Waals surface area contributed by atoms with Crippen molar-refractivity contribution in [3.8, 4) is 0 Å². The topological polar surface area (TPSA) is 83.5 Å². The highest BCUT2D eigenvalue weighted by Gasteiger charge is 2.68. The molecule has 0 aromatic carbocycles. The number of hydrogen-bond acceptors (Lipinski definition) is 5. The van der Waals surface area contributed by atoms with Gasteiger partial charge in [0.15, 0.2) is 10.1 Å². The molecular weight excluding hydrogens is 356 g/mol. The predicted molar refractivity (Wildman–Crippen MR) is 71.2 cm³/mol. The zero-order chi connectivity index (χ0) is 18.0. The van der Waals surface area contributed by atoms with Gasteiger partial charge in [-0.2, -0.15) is 17.6 Å². The lowest BCUT2D eigenvalue weighted by Gasteiger charge is -2.56. The van der Waals surface area contributed by atoms with E-state index >= 15 is 0 Å². The molecule has 0 radical (unpaired) electrons. The molecule has 5 nitrogen and oxygen atoms in total. The van der Waals surface area contributed by atoms with Crippen LogP contribution in [0.2, 0.25) is 0 Å². The Morgan fingerprint density at radius 2 is 1.46 bits per heavy atom. The third kappa shape index (κ3) is 2.71. The van der Waals surface area contributed by atoms with Crippen molar-refractivity contribution in [1.29, 1.82) is 0 Å². The predicted octanol–water partition coefficient (Wildman–Crippen LogP) is 2.52. The SMILES string of the molecule is O=C(OCC12CC3CC(CC(C3)C1)C2)C(F)(F)C(F)(F)S(=O)(=O)[O-]. The standard InChI is InChI=1S/C14H18F4O5S/c15-13(16,14(17,18)24(20,21)22)11(19)23-7-12-4-8-1-9(5-12)3-10(2-8)6-12/h8-10H,1-7H2,(H,20,21,22)/p-1. The molecule has 138 valence electrons. The molecule has 0 aromatic heterocycles.